The smallest absolute Gasteiger partial charge is 0.229 e. The van der Waals surface area contributed by atoms with Crippen molar-refractivity contribution in [3.8, 4) is 0 Å². The summed E-state index contributed by atoms with van der Waals surface area (Å²) in [5.41, 5.74) is 2.43. The summed E-state index contributed by atoms with van der Waals surface area (Å²) in [7, 11) is 0. The Morgan fingerprint density at radius 1 is 1.21 bits per heavy atom. The van der Waals surface area contributed by atoms with Crippen LogP contribution in [0.15, 0.2) is 48.5 Å². The highest BCUT2D eigenvalue weighted by molar-refractivity contribution is 6.64. The standard InChI is InChI=1S/C16H14ClFO/c1-11-5-4-6-12(9-11)10-14(16(17)19)13-7-2-3-8-15(13)18/h2-9,14H,10H2,1H3. The van der Waals surface area contributed by atoms with Crippen molar-refractivity contribution in [1.29, 1.82) is 0 Å². The molecule has 1 unspecified atom stereocenters. The molecule has 0 heterocycles. The van der Waals surface area contributed by atoms with Crippen LogP contribution in [0.1, 0.15) is 22.6 Å². The molecule has 2 rings (SSSR count). The minimum atomic E-state index is -0.648. The van der Waals surface area contributed by atoms with Gasteiger partial charge in [0.1, 0.15) is 5.82 Å². The van der Waals surface area contributed by atoms with Gasteiger partial charge < -0.3 is 0 Å². The Balaban J connectivity index is 2.32. The van der Waals surface area contributed by atoms with E-state index >= 15 is 0 Å². The lowest BCUT2D eigenvalue weighted by Gasteiger charge is -2.14. The van der Waals surface area contributed by atoms with Crippen molar-refractivity contribution in [3.05, 3.63) is 71.0 Å². The van der Waals surface area contributed by atoms with Gasteiger partial charge in [-0.3, -0.25) is 4.79 Å². The van der Waals surface area contributed by atoms with Gasteiger partial charge >= 0.3 is 0 Å². The number of aryl methyl sites for hydroxylation is 1. The van der Waals surface area contributed by atoms with E-state index in [1.165, 1.54) is 6.07 Å². The predicted octanol–water partition coefficient (Wildman–Crippen LogP) is 4.23. The predicted molar refractivity (Wildman–Crippen MR) is 74.9 cm³/mol. The molecule has 0 aliphatic rings. The molecule has 0 spiro atoms. The van der Waals surface area contributed by atoms with E-state index in [1.54, 1.807) is 18.2 Å². The summed E-state index contributed by atoms with van der Waals surface area (Å²) < 4.78 is 13.8. The molecule has 0 saturated heterocycles. The first-order valence-electron chi connectivity index (χ1n) is 6.07. The maximum absolute atomic E-state index is 13.8. The molecule has 0 aliphatic heterocycles. The second-order valence-corrected chi connectivity index (χ2v) is 4.94. The lowest BCUT2D eigenvalue weighted by molar-refractivity contribution is -0.113. The Bertz CT molecular complexity index is 595. The van der Waals surface area contributed by atoms with Gasteiger partial charge in [0.2, 0.25) is 5.24 Å². The van der Waals surface area contributed by atoms with E-state index in [2.05, 4.69) is 0 Å². The maximum atomic E-state index is 13.8. The van der Waals surface area contributed by atoms with E-state index in [1.807, 2.05) is 31.2 Å². The maximum Gasteiger partial charge on any atom is 0.229 e. The second kappa shape index (κ2) is 5.98. The highest BCUT2D eigenvalue weighted by atomic mass is 35.5. The lowest BCUT2D eigenvalue weighted by Crippen LogP contribution is -2.12. The third-order valence-electron chi connectivity index (χ3n) is 3.08. The summed E-state index contributed by atoms with van der Waals surface area (Å²) in [6.07, 6.45) is 0.408. The molecule has 0 fully saturated rings. The van der Waals surface area contributed by atoms with Crippen molar-refractivity contribution in [1.82, 2.24) is 0 Å². The minimum absolute atomic E-state index is 0.351. The highest BCUT2D eigenvalue weighted by Gasteiger charge is 2.22. The Hall–Kier alpha value is -1.67. The van der Waals surface area contributed by atoms with Crippen LogP contribution >= 0.6 is 11.6 Å². The monoisotopic (exact) mass is 276 g/mol. The fraction of sp³-hybridized carbons (Fsp3) is 0.188. The minimum Gasteiger partial charge on any atom is -0.281 e. The summed E-state index contributed by atoms with van der Waals surface area (Å²) in [5.74, 6) is -1.04. The topological polar surface area (TPSA) is 17.1 Å². The van der Waals surface area contributed by atoms with Crippen LogP contribution in [-0.2, 0) is 11.2 Å². The first-order valence-corrected chi connectivity index (χ1v) is 6.45. The third kappa shape index (κ3) is 3.42. The average molecular weight is 277 g/mol. The normalized spacial score (nSPS) is 12.2. The molecule has 3 heteroatoms. The molecule has 1 nitrogen and oxygen atoms in total. The van der Waals surface area contributed by atoms with Crippen LogP contribution in [0.5, 0.6) is 0 Å². The largest absolute Gasteiger partial charge is 0.281 e. The van der Waals surface area contributed by atoms with Gasteiger partial charge in [-0.1, -0.05) is 48.0 Å². The molecule has 0 bridgehead atoms. The Morgan fingerprint density at radius 3 is 2.58 bits per heavy atom. The van der Waals surface area contributed by atoms with E-state index in [0.29, 0.717) is 12.0 Å². The van der Waals surface area contributed by atoms with Gasteiger partial charge in [0.15, 0.2) is 0 Å². The van der Waals surface area contributed by atoms with Crippen molar-refractivity contribution in [2.24, 2.45) is 0 Å². The molecule has 0 radical (unpaired) electrons. The zero-order valence-corrected chi connectivity index (χ0v) is 11.3. The van der Waals surface area contributed by atoms with Crippen molar-refractivity contribution in [2.45, 2.75) is 19.3 Å². The van der Waals surface area contributed by atoms with E-state index in [9.17, 15) is 9.18 Å². The van der Waals surface area contributed by atoms with Crippen LogP contribution in [0, 0.1) is 12.7 Å². The fourth-order valence-electron chi connectivity index (χ4n) is 2.14. The van der Waals surface area contributed by atoms with Gasteiger partial charge in [0.25, 0.3) is 0 Å². The summed E-state index contributed by atoms with van der Waals surface area (Å²) in [6, 6.07) is 14.1. The van der Waals surface area contributed by atoms with Crippen molar-refractivity contribution < 1.29 is 9.18 Å². The van der Waals surface area contributed by atoms with Crippen LogP contribution in [0.3, 0.4) is 0 Å². The van der Waals surface area contributed by atoms with Gasteiger partial charge in [0, 0.05) is 0 Å². The van der Waals surface area contributed by atoms with E-state index in [-0.39, 0.29) is 0 Å². The molecule has 0 aromatic heterocycles. The van der Waals surface area contributed by atoms with Crippen LogP contribution in [0.25, 0.3) is 0 Å². The van der Waals surface area contributed by atoms with E-state index < -0.39 is 17.0 Å². The number of carbonyl (C=O) groups is 1. The van der Waals surface area contributed by atoms with Gasteiger partial charge in [-0.2, -0.15) is 0 Å². The van der Waals surface area contributed by atoms with Crippen molar-refractivity contribution >= 4 is 16.8 Å². The summed E-state index contributed by atoms with van der Waals surface area (Å²) >= 11 is 5.63. The third-order valence-corrected chi connectivity index (χ3v) is 3.34. The Kier molecular flexibility index (Phi) is 4.33. The molecule has 1 atom stereocenters. The lowest BCUT2D eigenvalue weighted by atomic mass is 9.92. The van der Waals surface area contributed by atoms with Gasteiger partial charge in [-0.05, 0) is 42.1 Å². The number of carbonyl (C=O) groups excluding carboxylic acids is 1. The summed E-state index contributed by atoms with van der Waals surface area (Å²) in [5, 5.41) is -0.536. The van der Waals surface area contributed by atoms with Gasteiger partial charge in [-0.15, -0.1) is 0 Å². The van der Waals surface area contributed by atoms with E-state index in [0.717, 1.165) is 11.1 Å². The average Bonchev–Trinajstić information content (AvgIpc) is 2.37. The number of benzene rings is 2. The molecule has 98 valence electrons. The molecule has 0 N–H and O–H groups in total. The molecule has 2 aromatic carbocycles. The number of halogens is 2. The van der Waals surface area contributed by atoms with Gasteiger partial charge in [-0.25, -0.2) is 4.39 Å². The molecule has 19 heavy (non-hydrogen) atoms. The first kappa shape index (κ1) is 13.8. The second-order valence-electron chi connectivity index (χ2n) is 4.57. The molecule has 0 saturated carbocycles. The van der Waals surface area contributed by atoms with Crippen LogP contribution in [0.4, 0.5) is 4.39 Å². The number of hydrogen-bond acceptors (Lipinski definition) is 1. The van der Waals surface area contributed by atoms with Crippen LogP contribution < -0.4 is 0 Å². The van der Waals surface area contributed by atoms with Crippen LogP contribution in [0.2, 0.25) is 0 Å². The molecule has 2 aromatic rings. The zero-order valence-electron chi connectivity index (χ0n) is 10.6. The SMILES string of the molecule is Cc1cccc(CC(C(=O)Cl)c2ccccc2F)c1. The fourth-order valence-corrected chi connectivity index (χ4v) is 2.34. The van der Waals surface area contributed by atoms with Crippen molar-refractivity contribution in [2.75, 3.05) is 0 Å². The van der Waals surface area contributed by atoms with Gasteiger partial charge in [0.05, 0.1) is 5.92 Å². The number of hydrogen-bond donors (Lipinski definition) is 0. The Labute approximate surface area is 117 Å². The first-order chi connectivity index (χ1) is 9.08. The molecular formula is C16H14ClFO. The molecule has 0 aliphatic carbocycles. The summed E-state index contributed by atoms with van der Waals surface area (Å²) in [6.45, 7) is 1.98. The molecular weight excluding hydrogens is 263 g/mol. The van der Waals surface area contributed by atoms with Crippen molar-refractivity contribution in [3.63, 3.8) is 0 Å². The van der Waals surface area contributed by atoms with E-state index in [4.69, 9.17) is 11.6 Å². The quantitative estimate of drug-likeness (QED) is 0.764. The zero-order chi connectivity index (χ0) is 13.8. The van der Waals surface area contributed by atoms with Crippen LogP contribution in [-0.4, -0.2) is 5.24 Å². The Morgan fingerprint density at radius 2 is 1.95 bits per heavy atom. The molecule has 0 amide bonds. The highest BCUT2D eigenvalue weighted by Crippen LogP contribution is 2.26. The number of rotatable bonds is 4. The summed E-state index contributed by atoms with van der Waals surface area (Å²) in [4.78, 5) is 11.6.